The summed E-state index contributed by atoms with van der Waals surface area (Å²) in [4.78, 5) is 12.0. The van der Waals surface area contributed by atoms with Gasteiger partial charge in [-0.2, -0.15) is 0 Å². The number of benzene rings is 1. The Hall–Kier alpha value is -0.740. The predicted molar refractivity (Wildman–Crippen MR) is 77.2 cm³/mol. The molecular weight excluding hydrogens is 318 g/mol. The molecule has 0 aliphatic rings. The minimum absolute atomic E-state index is 0.0499. The number of phenols is 1. The highest BCUT2D eigenvalue weighted by molar-refractivity contribution is 9.10. The number of carbonyl (C=O) groups excluding carboxylic acids is 1. The van der Waals surface area contributed by atoms with Crippen LogP contribution in [0, 0.1) is 5.92 Å². The number of carbonyl (C=O) groups is 1. The van der Waals surface area contributed by atoms with Crippen LogP contribution in [-0.2, 0) is 0 Å². The first-order chi connectivity index (χ1) is 8.43. The zero-order valence-corrected chi connectivity index (χ0v) is 12.8. The number of rotatable bonds is 5. The number of phenolic OH excluding ortho intramolecular Hbond substituents is 1. The van der Waals surface area contributed by atoms with Crippen molar-refractivity contribution in [2.24, 2.45) is 5.92 Å². The Balaban J connectivity index is 2.71. The van der Waals surface area contributed by atoms with Crippen LogP contribution < -0.4 is 5.32 Å². The van der Waals surface area contributed by atoms with Crippen LogP contribution in [0.5, 0.6) is 5.75 Å². The van der Waals surface area contributed by atoms with Crippen molar-refractivity contribution in [2.45, 2.75) is 26.3 Å². The molecule has 1 aromatic carbocycles. The molecule has 5 heteroatoms. The van der Waals surface area contributed by atoms with Crippen LogP contribution in [0.3, 0.4) is 0 Å². The number of aromatic hydroxyl groups is 1. The first-order valence-electron chi connectivity index (χ1n) is 5.79. The Labute approximate surface area is 121 Å². The van der Waals surface area contributed by atoms with Gasteiger partial charge in [0.15, 0.2) is 0 Å². The standard InChI is InChI=1S/C13H17BrClNO2/c1-8(2)5-10(7-15)16-13(18)9-3-4-11(14)12(17)6-9/h3-4,6,8,10,17H,5,7H2,1-2H3,(H,16,18). The third-order valence-electron chi connectivity index (χ3n) is 2.49. The Morgan fingerprint density at radius 1 is 1.50 bits per heavy atom. The molecule has 1 rings (SSSR count). The number of hydrogen-bond donors (Lipinski definition) is 2. The van der Waals surface area contributed by atoms with Crippen molar-refractivity contribution < 1.29 is 9.90 Å². The van der Waals surface area contributed by atoms with E-state index in [2.05, 4.69) is 35.1 Å². The zero-order chi connectivity index (χ0) is 13.7. The zero-order valence-electron chi connectivity index (χ0n) is 10.4. The van der Waals surface area contributed by atoms with Gasteiger partial charge in [0, 0.05) is 17.5 Å². The molecule has 0 saturated heterocycles. The molecule has 1 atom stereocenters. The van der Waals surface area contributed by atoms with E-state index >= 15 is 0 Å². The highest BCUT2D eigenvalue weighted by Crippen LogP contribution is 2.24. The van der Waals surface area contributed by atoms with Gasteiger partial charge < -0.3 is 10.4 Å². The normalized spacial score (nSPS) is 12.5. The number of halogens is 2. The molecule has 1 amide bonds. The lowest BCUT2D eigenvalue weighted by Gasteiger charge is -2.18. The smallest absolute Gasteiger partial charge is 0.251 e. The van der Waals surface area contributed by atoms with Crippen LogP contribution in [0.25, 0.3) is 0 Å². The second kappa shape index (κ2) is 7.00. The van der Waals surface area contributed by atoms with Crippen molar-refractivity contribution in [3.05, 3.63) is 28.2 Å². The van der Waals surface area contributed by atoms with Crippen LogP contribution in [-0.4, -0.2) is 22.9 Å². The molecule has 0 fully saturated rings. The van der Waals surface area contributed by atoms with Gasteiger partial charge in [-0.1, -0.05) is 13.8 Å². The molecule has 1 aromatic rings. The van der Waals surface area contributed by atoms with Gasteiger partial charge in [-0.15, -0.1) is 11.6 Å². The van der Waals surface area contributed by atoms with Crippen LogP contribution >= 0.6 is 27.5 Å². The molecule has 0 aliphatic heterocycles. The highest BCUT2D eigenvalue weighted by atomic mass is 79.9. The second-order valence-electron chi connectivity index (χ2n) is 4.62. The monoisotopic (exact) mass is 333 g/mol. The van der Waals surface area contributed by atoms with Crippen molar-refractivity contribution in [1.82, 2.24) is 5.32 Å². The maximum absolute atomic E-state index is 12.0. The van der Waals surface area contributed by atoms with E-state index in [-0.39, 0.29) is 17.7 Å². The average molecular weight is 335 g/mol. The van der Waals surface area contributed by atoms with E-state index in [1.165, 1.54) is 6.07 Å². The van der Waals surface area contributed by atoms with Crippen LogP contribution in [0.15, 0.2) is 22.7 Å². The Morgan fingerprint density at radius 2 is 2.17 bits per heavy atom. The summed E-state index contributed by atoms with van der Waals surface area (Å²) >= 11 is 9.00. The summed E-state index contributed by atoms with van der Waals surface area (Å²) in [5.41, 5.74) is 0.426. The molecule has 0 aromatic heterocycles. The third kappa shape index (κ3) is 4.50. The number of amides is 1. The van der Waals surface area contributed by atoms with E-state index < -0.39 is 0 Å². The molecule has 0 aliphatic carbocycles. The number of nitrogens with one attached hydrogen (secondary N) is 1. The lowest BCUT2D eigenvalue weighted by Crippen LogP contribution is -2.37. The maximum atomic E-state index is 12.0. The molecule has 100 valence electrons. The van der Waals surface area contributed by atoms with Crippen molar-refractivity contribution in [2.75, 3.05) is 5.88 Å². The molecule has 18 heavy (non-hydrogen) atoms. The first kappa shape index (κ1) is 15.3. The topological polar surface area (TPSA) is 49.3 Å². The predicted octanol–water partition coefficient (Wildman–Crippen LogP) is 3.54. The number of hydrogen-bond acceptors (Lipinski definition) is 2. The molecule has 0 heterocycles. The highest BCUT2D eigenvalue weighted by Gasteiger charge is 2.15. The van der Waals surface area contributed by atoms with Crippen molar-refractivity contribution in [1.29, 1.82) is 0 Å². The van der Waals surface area contributed by atoms with Gasteiger partial charge in [0.1, 0.15) is 5.75 Å². The Morgan fingerprint density at radius 3 is 2.67 bits per heavy atom. The lowest BCUT2D eigenvalue weighted by molar-refractivity contribution is 0.0936. The molecule has 2 N–H and O–H groups in total. The van der Waals surface area contributed by atoms with Crippen molar-refractivity contribution >= 4 is 33.4 Å². The van der Waals surface area contributed by atoms with Gasteiger partial charge in [0.25, 0.3) is 5.91 Å². The quantitative estimate of drug-likeness (QED) is 0.809. The van der Waals surface area contributed by atoms with E-state index in [1.807, 2.05) is 0 Å². The first-order valence-corrected chi connectivity index (χ1v) is 7.12. The van der Waals surface area contributed by atoms with Gasteiger partial charge in [0.05, 0.1) is 4.47 Å². The van der Waals surface area contributed by atoms with Crippen molar-refractivity contribution in [3.8, 4) is 5.75 Å². The molecule has 1 unspecified atom stereocenters. The van der Waals surface area contributed by atoms with Gasteiger partial charge in [-0.05, 0) is 46.5 Å². The Bertz CT molecular complexity index is 423. The van der Waals surface area contributed by atoms with E-state index in [9.17, 15) is 9.90 Å². The fourth-order valence-electron chi connectivity index (χ4n) is 1.65. The molecule has 0 saturated carbocycles. The SMILES string of the molecule is CC(C)CC(CCl)NC(=O)c1ccc(Br)c(O)c1. The summed E-state index contributed by atoms with van der Waals surface area (Å²) < 4.78 is 0.565. The van der Waals surface area contributed by atoms with Crippen molar-refractivity contribution in [3.63, 3.8) is 0 Å². The van der Waals surface area contributed by atoms with Gasteiger partial charge >= 0.3 is 0 Å². The number of alkyl halides is 1. The van der Waals surface area contributed by atoms with Crippen LogP contribution in [0.2, 0.25) is 0 Å². The fraction of sp³-hybridized carbons (Fsp3) is 0.462. The summed E-state index contributed by atoms with van der Waals surface area (Å²) in [6.45, 7) is 4.16. The summed E-state index contributed by atoms with van der Waals surface area (Å²) in [5.74, 6) is 0.678. The molecule has 0 spiro atoms. The summed E-state index contributed by atoms with van der Waals surface area (Å²) in [7, 11) is 0. The fourth-order valence-corrected chi connectivity index (χ4v) is 2.10. The summed E-state index contributed by atoms with van der Waals surface area (Å²) in [6.07, 6.45) is 0.831. The van der Waals surface area contributed by atoms with E-state index in [0.717, 1.165) is 6.42 Å². The second-order valence-corrected chi connectivity index (χ2v) is 5.78. The van der Waals surface area contributed by atoms with E-state index in [1.54, 1.807) is 12.1 Å². The summed E-state index contributed by atoms with van der Waals surface area (Å²) in [6, 6.07) is 4.67. The van der Waals surface area contributed by atoms with Crippen LogP contribution in [0.4, 0.5) is 0 Å². The molecular formula is C13H17BrClNO2. The van der Waals surface area contributed by atoms with E-state index in [0.29, 0.717) is 21.8 Å². The third-order valence-corrected chi connectivity index (χ3v) is 3.53. The summed E-state index contributed by atoms with van der Waals surface area (Å²) in [5, 5.41) is 12.4. The molecule has 0 radical (unpaired) electrons. The van der Waals surface area contributed by atoms with Crippen LogP contribution in [0.1, 0.15) is 30.6 Å². The lowest BCUT2D eigenvalue weighted by atomic mass is 10.0. The maximum Gasteiger partial charge on any atom is 0.251 e. The van der Waals surface area contributed by atoms with Gasteiger partial charge in [0.2, 0.25) is 0 Å². The van der Waals surface area contributed by atoms with Gasteiger partial charge in [-0.25, -0.2) is 0 Å². The largest absolute Gasteiger partial charge is 0.507 e. The van der Waals surface area contributed by atoms with E-state index in [4.69, 9.17) is 11.6 Å². The minimum atomic E-state index is -0.218. The average Bonchev–Trinajstić information content (AvgIpc) is 2.31. The Kier molecular flexibility index (Phi) is 5.96. The molecule has 3 nitrogen and oxygen atoms in total. The van der Waals surface area contributed by atoms with Gasteiger partial charge in [-0.3, -0.25) is 4.79 Å². The molecule has 0 bridgehead atoms. The minimum Gasteiger partial charge on any atom is -0.507 e.